The van der Waals surface area contributed by atoms with Crippen molar-refractivity contribution < 1.29 is 4.79 Å². The van der Waals surface area contributed by atoms with Crippen LogP contribution in [0.15, 0.2) is 16.7 Å². The van der Waals surface area contributed by atoms with Crippen LogP contribution in [0.4, 0.5) is 0 Å². The van der Waals surface area contributed by atoms with Gasteiger partial charge in [-0.2, -0.15) is 0 Å². The van der Waals surface area contributed by atoms with Gasteiger partial charge in [-0.3, -0.25) is 4.79 Å². The Hall–Kier alpha value is -0.610. The highest BCUT2D eigenvalue weighted by molar-refractivity contribution is 9.10. The van der Waals surface area contributed by atoms with Gasteiger partial charge in [-0.05, 0) is 46.7 Å². The molecule has 3 nitrogen and oxygen atoms in total. The summed E-state index contributed by atoms with van der Waals surface area (Å²) in [5.74, 6) is -0.0171. The van der Waals surface area contributed by atoms with E-state index in [4.69, 9.17) is 11.6 Å². The molecule has 0 atom stereocenters. The van der Waals surface area contributed by atoms with Gasteiger partial charge in [0.15, 0.2) is 0 Å². The van der Waals surface area contributed by atoms with Gasteiger partial charge in [-0.15, -0.1) is 0 Å². The molecule has 1 saturated heterocycles. The van der Waals surface area contributed by atoms with Crippen LogP contribution in [0.3, 0.4) is 0 Å². The number of halogens is 2. The molecule has 2 rings (SSSR count). The maximum Gasteiger partial charge on any atom is 0.257 e. The van der Waals surface area contributed by atoms with Gasteiger partial charge in [0.05, 0.1) is 5.56 Å². The Bertz CT molecular complexity index is 490. The van der Waals surface area contributed by atoms with Gasteiger partial charge in [0, 0.05) is 23.8 Å². The lowest BCUT2D eigenvalue weighted by atomic mass is 9.85. The van der Waals surface area contributed by atoms with E-state index in [1.165, 1.54) is 0 Å². The molecule has 1 aromatic rings. The van der Waals surface area contributed by atoms with Gasteiger partial charge in [-0.1, -0.05) is 25.4 Å². The Labute approximate surface area is 127 Å². The summed E-state index contributed by atoms with van der Waals surface area (Å²) in [4.78, 5) is 18.4. The van der Waals surface area contributed by atoms with Crippen LogP contribution in [0.2, 0.25) is 5.15 Å². The first kappa shape index (κ1) is 14.8. The number of amides is 1. The van der Waals surface area contributed by atoms with E-state index in [0.717, 1.165) is 36.8 Å². The fourth-order valence-electron chi connectivity index (χ4n) is 2.37. The van der Waals surface area contributed by atoms with Gasteiger partial charge < -0.3 is 4.90 Å². The minimum absolute atomic E-state index is 0.0171. The minimum Gasteiger partial charge on any atom is -0.339 e. The topological polar surface area (TPSA) is 33.2 Å². The van der Waals surface area contributed by atoms with Crippen LogP contribution in [0.25, 0.3) is 0 Å². The van der Waals surface area contributed by atoms with Crippen molar-refractivity contribution >= 4 is 33.4 Å². The molecule has 1 aromatic heterocycles. The van der Waals surface area contributed by atoms with Crippen LogP contribution in [0.5, 0.6) is 0 Å². The molecular formula is C14H18BrClN2O. The third-order valence-corrected chi connectivity index (χ3v) is 4.40. The van der Waals surface area contributed by atoms with E-state index in [1.54, 1.807) is 12.3 Å². The van der Waals surface area contributed by atoms with Crippen molar-refractivity contribution in [1.82, 2.24) is 9.88 Å². The average Bonchev–Trinajstić information content (AvgIpc) is 2.52. The number of hydrogen-bond acceptors (Lipinski definition) is 2. The number of aromatic nitrogens is 1. The molecular weight excluding hydrogens is 328 g/mol. The summed E-state index contributed by atoms with van der Waals surface area (Å²) in [6.07, 6.45) is 4.82. The fourth-order valence-corrected chi connectivity index (χ4v) is 2.88. The first-order valence-corrected chi connectivity index (χ1v) is 7.66. The SMILES string of the molecule is CC1(C)CCCN(C(=O)c2cc(Br)cnc2Cl)CC1. The normalized spacial score (nSPS) is 19.1. The lowest BCUT2D eigenvalue weighted by Crippen LogP contribution is -2.32. The molecule has 1 aliphatic heterocycles. The zero-order valence-electron chi connectivity index (χ0n) is 11.2. The van der Waals surface area contributed by atoms with E-state index >= 15 is 0 Å². The molecule has 0 saturated carbocycles. The predicted octanol–water partition coefficient (Wildman–Crippen LogP) is 4.15. The number of pyridine rings is 1. The van der Waals surface area contributed by atoms with E-state index < -0.39 is 0 Å². The highest BCUT2D eigenvalue weighted by Gasteiger charge is 2.27. The highest BCUT2D eigenvalue weighted by atomic mass is 79.9. The zero-order valence-corrected chi connectivity index (χ0v) is 13.6. The summed E-state index contributed by atoms with van der Waals surface area (Å²) in [5.41, 5.74) is 0.796. The molecule has 104 valence electrons. The lowest BCUT2D eigenvalue weighted by Gasteiger charge is -2.23. The smallest absolute Gasteiger partial charge is 0.257 e. The molecule has 0 aromatic carbocycles. The lowest BCUT2D eigenvalue weighted by molar-refractivity contribution is 0.0757. The second kappa shape index (κ2) is 5.80. The molecule has 0 aliphatic carbocycles. The first-order chi connectivity index (χ1) is 8.89. The zero-order chi connectivity index (χ0) is 14.0. The van der Waals surface area contributed by atoms with E-state index in [-0.39, 0.29) is 11.1 Å². The first-order valence-electron chi connectivity index (χ1n) is 6.49. The molecule has 0 N–H and O–H groups in total. The number of rotatable bonds is 1. The number of carbonyl (C=O) groups excluding carboxylic acids is 1. The highest BCUT2D eigenvalue weighted by Crippen LogP contribution is 2.30. The van der Waals surface area contributed by atoms with Crippen molar-refractivity contribution in [2.24, 2.45) is 5.41 Å². The van der Waals surface area contributed by atoms with E-state index in [1.807, 2.05) is 4.90 Å². The van der Waals surface area contributed by atoms with Crippen LogP contribution in [-0.2, 0) is 0 Å². The summed E-state index contributed by atoms with van der Waals surface area (Å²) in [7, 11) is 0. The molecule has 0 spiro atoms. The van der Waals surface area contributed by atoms with Crippen molar-refractivity contribution in [3.8, 4) is 0 Å². The Morgan fingerprint density at radius 1 is 1.42 bits per heavy atom. The second-order valence-electron chi connectivity index (χ2n) is 5.80. The van der Waals surface area contributed by atoms with E-state index in [9.17, 15) is 4.79 Å². The number of likely N-dealkylation sites (tertiary alicyclic amines) is 1. The molecule has 5 heteroatoms. The maximum absolute atomic E-state index is 12.5. The molecule has 19 heavy (non-hydrogen) atoms. The Balaban J connectivity index is 2.17. The van der Waals surface area contributed by atoms with Crippen molar-refractivity contribution in [2.45, 2.75) is 33.1 Å². The van der Waals surface area contributed by atoms with E-state index in [2.05, 4.69) is 34.8 Å². The van der Waals surface area contributed by atoms with E-state index in [0.29, 0.717) is 11.0 Å². The second-order valence-corrected chi connectivity index (χ2v) is 7.08. The largest absolute Gasteiger partial charge is 0.339 e. The van der Waals surface area contributed by atoms with Gasteiger partial charge >= 0.3 is 0 Å². The van der Waals surface area contributed by atoms with Gasteiger partial charge in [-0.25, -0.2) is 4.98 Å². The van der Waals surface area contributed by atoms with Crippen LogP contribution in [0, 0.1) is 5.41 Å². The number of hydrogen-bond donors (Lipinski definition) is 0. The molecule has 2 heterocycles. The summed E-state index contributed by atoms with van der Waals surface area (Å²) in [5, 5.41) is 0.275. The van der Waals surface area contributed by atoms with Gasteiger partial charge in [0.25, 0.3) is 5.91 Å². The quantitative estimate of drug-likeness (QED) is 0.716. The average molecular weight is 346 g/mol. The Morgan fingerprint density at radius 2 is 2.16 bits per heavy atom. The fraction of sp³-hybridized carbons (Fsp3) is 0.571. The third-order valence-electron chi connectivity index (χ3n) is 3.66. The molecule has 0 radical (unpaired) electrons. The van der Waals surface area contributed by atoms with Crippen molar-refractivity contribution in [1.29, 1.82) is 0 Å². The van der Waals surface area contributed by atoms with Crippen LogP contribution in [0.1, 0.15) is 43.5 Å². The summed E-state index contributed by atoms with van der Waals surface area (Å²) in [6.45, 7) is 6.10. The summed E-state index contributed by atoms with van der Waals surface area (Å²) < 4.78 is 0.774. The van der Waals surface area contributed by atoms with Crippen LogP contribution in [-0.4, -0.2) is 28.9 Å². The van der Waals surface area contributed by atoms with Crippen LogP contribution < -0.4 is 0 Å². The molecule has 0 bridgehead atoms. The van der Waals surface area contributed by atoms with Crippen molar-refractivity contribution in [3.63, 3.8) is 0 Å². The van der Waals surface area contributed by atoms with Crippen LogP contribution >= 0.6 is 27.5 Å². The molecule has 1 aliphatic rings. The third kappa shape index (κ3) is 3.69. The minimum atomic E-state index is -0.0171. The summed E-state index contributed by atoms with van der Waals surface area (Å²) in [6, 6.07) is 1.74. The van der Waals surface area contributed by atoms with Crippen molar-refractivity contribution in [2.75, 3.05) is 13.1 Å². The molecule has 1 amide bonds. The van der Waals surface area contributed by atoms with Gasteiger partial charge in [0.2, 0.25) is 0 Å². The Kier molecular flexibility index (Phi) is 4.51. The standard InChI is InChI=1S/C14H18BrClN2O/c1-14(2)4-3-6-18(7-5-14)13(19)11-8-10(15)9-17-12(11)16/h8-9H,3-7H2,1-2H3. The number of nitrogens with zero attached hydrogens (tertiary/aromatic N) is 2. The Morgan fingerprint density at radius 3 is 2.89 bits per heavy atom. The number of carbonyl (C=O) groups is 1. The molecule has 1 fully saturated rings. The monoisotopic (exact) mass is 344 g/mol. The predicted molar refractivity (Wildman–Crippen MR) is 80.5 cm³/mol. The van der Waals surface area contributed by atoms with Gasteiger partial charge in [0.1, 0.15) is 5.15 Å². The van der Waals surface area contributed by atoms with Crippen molar-refractivity contribution in [3.05, 3.63) is 27.5 Å². The maximum atomic E-state index is 12.5. The molecule has 0 unspecified atom stereocenters. The summed E-state index contributed by atoms with van der Waals surface area (Å²) >= 11 is 9.36.